The number of hydrogen-bond acceptors (Lipinski definition) is 3. The Kier molecular flexibility index (Phi) is 3.70. The van der Waals surface area contributed by atoms with E-state index in [1.165, 1.54) is 5.56 Å². The normalized spacial score (nSPS) is 17.6. The lowest BCUT2D eigenvalue weighted by atomic mass is 9.89. The summed E-state index contributed by atoms with van der Waals surface area (Å²) >= 11 is 0. The topological polar surface area (TPSA) is 42.4 Å². The molecular weight excluding hydrogens is 250 g/mol. The lowest BCUT2D eigenvalue weighted by molar-refractivity contribution is 0.156. The van der Waals surface area contributed by atoms with Gasteiger partial charge in [0.2, 0.25) is 0 Å². The summed E-state index contributed by atoms with van der Waals surface area (Å²) in [4.78, 5) is 4.32. The summed E-state index contributed by atoms with van der Waals surface area (Å²) in [7, 11) is 0. The Balaban J connectivity index is 1.75. The van der Waals surface area contributed by atoms with Crippen LogP contribution in [-0.2, 0) is 13.0 Å². The third kappa shape index (κ3) is 2.68. The zero-order valence-electron chi connectivity index (χ0n) is 11.7. The first-order chi connectivity index (χ1) is 9.74. The first-order valence-corrected chi connectivity index (χ1v) is 7.08. The lowest BCUT2D eigenvalue weighted by Crippen LogP contribution is -2.09. The first-order valence-electron chi connectivity index (χ1n) is 7.08. The molecule has 1 aliphatic carbocycles. The third-order valence-electron chi connectivity index (χ3n) is 3.89. The van der Waals surface area contributed by atoms with E-state index >= 15 is 0 Å². The molecule has 0 saturated heterocycles. The molecule has 0 saturated carbocycles. The van der Waals surface area contributed by atoms with Gasteiger partial charge in [0.15, 0.2) is 0 Å². The highest BCUT2D eigenvalue weighted by molar-refractivity contribution is 5.38. The van der Waals surface area contributed by atoms with Gasteiger partial charge in [-0.25, -0.2) is 0 Å². The van der Waals surface area contributed by atoms with E-state index < -0.39 is 0 Å². The van der Waals surface area contributed by atoms with Gasteiger partial charge in [0.25, 0.3) is 0 Å². The van der Waals surface area contributed by atoms with Crippen LogP contribution in [0.3, 0.4) is 0 Å². The van der Waals surface area contributed by atoms with E-state index in [2.05, 4.69) is 11.1 Å². The number of fused-ring (bicyclic) bond motifs is 1. The number of rotatable bonds is 3. The standard InChI is InChI=1S/C17H19NO2/c1-12-4-3-9-18-16(12)11-20-14-8-7-13-5-2-6-17(19)15(13)10-14/h3-4,7-10,17,19H,2,5-6,11H2,1H3. The van der Waals surface area contributed by atoms with Crippen LogP contribution in [0.1, 0.15) is 41.3 Å². The van der Waals surface area contributed by atoms with Crippen LogP contribution in [0.25, 0.3) is 0 Å². The third-order valence-corrected chi connectivity index (χ3v) is 3.89. The number of aryl methyl sites for hydroxylation is 2. The number of aromatic nitrogens is 1. The second kappa shape index (κ2) is 5.63. The number of ether oxygens (including phenoxy) is 1. The van der Waals surface area contributed by atoms with E-state index in [4.69, 9.17) is 4.74 Å². The minimum Gasteiger partial charge on any atom is -0.487 e. The number of aliphatic hydroxyl groups excluding tert-OH is 1. The molecule has 1 aromatic carbocycles. The summed E-state index contributed by atoms with van der Waals surface area (Å²) in [6, 6.07) is 9.97. The van der Waals surface area contributed by atoms with Crippen molar-refractivity contribution in [2.75, 3.05) is 0 Å². The lowest BCUT2D eigenvalue weighted by Gasteiger charge is -2.22. The van der Waals surface area contributed by atoms with Gasteiger partial charge in [-0.2, -0.15) is 0 Å². The van der Waals surface area contributed by atoms with Gasteiger partial charge < -0.3 is 9.84 Å². The molecule has 3 rings (SSSR count). The molecule has 1 aliphatic rings. The Labute approximate surface area is 119 Å². The smallest absolute Gasteiger partial charge is 0.130 e. The maximum absolute atomic E-state index is 10.0. The van der Waals surface area contributed by atoms with Crippen molar-refractivity contribution in [3.8, 4) is 5.75 Å². The molecule has 0 aliphatic heterocycles. The fourth-order valence-corrected chi connectivity index (χ4v) is 2.66. The van der Waals surface area contributed by atoms with Crippen molar-refractivity contribution in [2.24, 2.45) is 0 Å². The number of benzene rings is 1. The monoisotopic (exact) mass is 269 g/mol. The second-order valence-electron chi connectivity index (χ2n) is 5.32. The van der Waals surface area contributed by atoms with Crippen molar-refractivity contribution < 1.29 is 9.84 Å². The highest BCUT2D eigenvalue weighted by Crippen LogP contribution is 2.32. The predicted octanol–water partition coefficient (Wildman–Crippen LogP) is 3.34. The van der Waals surface area contributed by atoms with E-state index in [0.29, 0.717) is 6.61 Å². The van der Waals surface area contributed by atoms with Crippen molar-refractivity contribution in [3.63, 3.8) is 0 Å². The summed E-state index contributed by atoms with van der Waals surface area (Å²) in [5.41, 5.74) is 4.34. The molecule has 1 N–H and O–H groups in total. The molecule has 1 aromatic heterocycles. The average Bonchev–Trinajstić information content (AvgIpc) is 2.47. The zero-order valence-corrected chi connectivity index (χ0v) is 11.7. The largest absolute Gasteiger partial charge is 0.487 e. The molecule has 1 atom stereocenters. The molecular formula is C17H19NO2. The molecule has 0 spiro atoms. The summed E-state index contributed by atoms with van der Waals surface area (Å²) in [6.07, 6.45) is 4.38. The van der Waals surface area contributed by atoms with Crippen LogP contribution in [0.4, 0.5) is 0 Å². The van der Waals surface area contributed by atoms with Crippen LogP contribution >= 0.6 is 0 Å². The van der Waals surface area contributed by atoms with Crippen molar-refractivity contribution in [3.05, 3.63) is 58.9 Å². The SMILES string of the molecule is Cc1cccnc1COc1ccc2c(c1)C(O)CCC2. The van der Waals surface area contributed by atoms with Crippen LogP contribution in [0.5, 0.6) is 5.75 Å². The Morgan fingerprint density at radius 2 is 2.25 bits per heavy atom. The van der Waals surface area contributed by atoms with Gasteiger partial charge in [-0.05, 0) is 61.1 Å². The van der Waals surface area contributed by atoms with Crippen molar-refractivity contribution in [1.29, 1.82) is 0 Å². The molecule has 0 radical (unpaired) electrons. The van der Waals surface area contributed by atoms with Crippen LogP contribution in [0, 0.1) is 6.92 Å². The number of hydrogen-bond donors (Lipinski definition) is 1. The first kappa shape index (κ1) is 13.1. The van der Waals surface area contributed by atoms with Crippen LogP contribution in [0.15, 0.2) is 36.5 Å². The van der Waals surface area contributed by atoms with Gasteiger partial charge in [0, 0.05) is 6.20 Å². The molecule has 1 heterocycles. The van der Waals surface area contributed by atoms with Gasteiger partial charge in [-0.15, -0.1) is 0 Å². The van der Waals surface area contributed by atoms with Crippen molar-refractivity contribution >= 4 is 0 Å². The fraction of sp³-hybridized carbons (Fsp3) is 0.353. The maximum Gasteiger partial charge on any atom is 0.130 e. The molecule has 20 heavy (non-hydrogen) atoms. The summed E-state index contributed by atoms with van der Waals surface area (Å²) < 4.78 is 5.81. The van der Waals surface area contributed by atoms with Crippen LogP contribution in [0.2, 0.25) is 0 Å². The second-order valence-corrected chi connectivity index (χ2v) is 5.32. The predicted molar refractivity (Wildman–Crippen MR) is 77.6 cm³/mol. The Morgan fingerprint density at radius 3 is 3.10 bits per heavy atom. The van der Waals surface area contributed by atoms with Gasteiger partial charge in [0.05, 0.1) is 11.8 Å². The molecule has 0 fully saturated rings. The molecule has 104 valence electrons. The van der Waals surface area contributed by atoms with E-state index in [1.807, 2.05) is 31.2 Å². The summed E-state index contributed by atoms with van der Waals surface area (Å²) in [5, 5.41) is 10.0. The summed E-state index contributed by atoms with van der Waals surface area (Å²) in [5.74, 6) is 0.801. The molecule has 2 aromatic rings. The average molecular weight is 269 g/mol. The number of nitrogens with zero attached hydrogens (tertiary/aromatic N) is 1. The van der Waals surface area contributed by atoms with E-state index in [0.717, 1.165) is 41.8 Å². The number of pyridine rings is 1. The highest BCUT2D eigenvalue weighted by atomic mass is 16.5. The molecule has 0 bridgehead atoms. The number of aliphatic hydroxyl groups is 1. The van der Waals surface area contributed by atoms with Crippen LogP contribution in [-0.4, -0.2) is 10.1 Å². The highest BCUT2D eigenvalue weighted by Gasteiger charge is 2.18. The maximum atomic E-state index is 10.0. The molecule has 3 nitrogen and oxygen atoms in total. The molecule has 3 heteroatoms. The minimum absolute atomic E-state index is 0.348. The summed E-state index contributed by atoms with van der Waals surface area (Å²) in [6.45, 7) is 2.49. The van der Waals surface area contributed by atoms with Crippen molar-refractivity contribution in [1.82, 2.24) is 4.98 Å². The molecule has 1 unspecified atom stereocenters. The van der Waals surface area contributed by atoms with Crippen LogP contribution < -0.4 is 4.74 Å². The minimum atomic E-state index is -0.348. The van der Waals surface area contributed by atoms with Gasteiger partial charge in [-0.1, -0.05) is 12.1 Å². The van der Waals surface area contributed by atoms with E-state index in [-0.39, 0.29) is 6.10 Å². The van der Waals surface area contributed by atoms with Gasteiger partial charge >= 0.3 is 0 Å². The quantitative estimate of drug-likeness (QED) is 0.929. The van der Waals surface area contributed by atoms with E-state index in [9.17, 15) is 5.11 Å². The van der Waals surface area contributed by atoms with Gasteiger partial charge in [0.1, 0.15) is 12.4 Å². The Bertz CT molecular complexity index is 610. The van der Waals surface area contributed by atoms with E-state index in [1.54, 1.807) is 6.20 Å². The Hall–Kier alpha value is -1.87. The Morgan fingerprint density at radius 1 is 1.35 bits per heavy atom. The molecule has 0 amide bonds. The fourth-order valence-electron chi connectivity index (χ4n) is 2.66. The van der Waals surface area contributed by atoms with Crippen molar-refractivity contribution in [2.45, 2.75) is 38.9 Å². The van der Waals surface area contributed by atoms with Gasteiger partial charge in [-0.3, -0.25) is 4.98 Å². The zero-order chi connectivity index (χ0) is 13.9.